The predicted molar refractivity (Wildman–Crippen MR) is 73.2 cm³/mol. The maximum Gasteiger partial charge on any atom is 0.236 e. The van der Waals surface area contributed by atoms with Crippen LogP contribution in [0.5, 0.6) is 5.88 Å². The first-order valence-corrected chi connectivity index (χ1v) is 6.99. The van der Waals surface area contributed by atoms with Crippen LogP contribution in [0, 0.1) is 0 Å². The molecule has 106 valence electrons. The summed E-state index contributed by atoms with van der Waals surface area (Å²) in [5, 5.41) is 3.29. The lowest BCUT2D eigenvalue weighted by Gasteiger charge is -2.24. The van der Waals surface area contributed by atoms with Crippen LogP contribution in [0.25, 0.3) is 0 Å². The van der Waals surface area contributed by atoms with Crippen LogP contribution in [-0.4, -0.2) is 36.8 Å². The van der Waals surface area contributed by atoms with Crippen molar-refractivity contribution in [2.45, 2.75) is 44.2 Å². The van der Waals surface area contributed by atoms with Gasteiger partial charge in [-0.1, -0.05) is 0 Å². The molecule has 2 rings (SSSR count). The minimum atomic E-state index is 0.161. The van der Waals surface area contributed by atoms with Gasteiger partial charge < -0.3 is 14.8 Å². The molecular formula is C14H23N3O2. The number of hydrogen-bond acceptors (Lipinski definition) is 5. The second-order valence-corrected chi connectivity index (χ2v) is 4.86. The summed E-state index contributed by atoms with van der Waals surface area (Å²) in [6.07, 6.45) is 9.44. The zero-order chi connectivity index (χ0) is 13.5. The molecule has 0 aliphatic carbocycles. The summed E-state index contributed by atoms with van der Waals surface area (Å²) in [7, 11) is 3.57. The van der Waals surface area contributed by atoms with Crippen LogP contribution >= 0.6 is 0 Å². The Balaban J connectivity index is 1.95. The number of nitrogens with zero attached hydrogens (tertiary/aromatic N) is 2. The molecule has 0 amide bonds. The first kappa shape index (κ1) is 14.2. The zero-order valence-corrected chi connectivity index (χ0v) is 11.8. The third-order valence-corrected chi connectivity index (χ3v) is 3.61. The highest BCUT2D eigenvalue weighted by atomic mass is 16.5. The molecule has 0 radical (unpaired) electrons. The van der Waals surface area contributed by atoms with E-state index in [1.807, 2.05) is 7.05 Å². The van der Waals surface area contributed by atoms with Crippen molar-refractivity contribution in [3.05, 3.63) is 18.1 Å². The smallest absolute Gasteiger partial charge is 0.236 e. The van der Waals surface area contributed by atoms with Crippen LogP contribution in [0.2, 0.25) is 0 Å². The molecule has 2 atom stereocenters. The van der Waals surface area contributed by atoms with Gasteiger partial charge in [0.1, 0.15) is 5.69 Å². The summed E-state index contributed by atoms with van der Waals surface area (Å²) in [6.45, 7) is 0.906. The molecule has 0 aromatic carbocycles. The molecular weight excluding hydrogens is 242 g/mol. The number of aromatic nitrogens is 2. The van der Waals surface area contributed by atoms with Gasteiger partial charge in [0, 0.05) is 19.0 Å². The minimum absolute atomic E-state index is 0.161. The van der Waals surface area contributed by atoms with Crippen LogP contribution < -0.4 is 10.1 Å². The maximum absolute atomic E-state index is 5.77. The highest BCUT2D eigenvalue weighted by Crippen LogP contribution is 2.26. The number of hydrogen-bond donors (Lipinski definition) is 1. The lowest BCUT2D eigenvalue weighted by atomic mass is 10.00. The van der Waals surface area contributed by atoms with Crippen molar-refractivity contribution in [1.29, 1.82) is 0 Å². The van der Waals surface area contributed by atoms with Crippen LogP contribution in [0.1, 0.15) is 43.8 Å². The van der Waals surface area contributed by atoms with E-state index in [0.29, 0.717) is 12.0 Å². The SMILES string of the molecule is CNC(CCC1CCCCO1)c1nccnc1OC. The second-order valence-electron chi connectivity index (χ2n) is 4.86. The number of methoxy groups -OCH3 is 1. The molecule has 1 aliphatic heterocycles. The van der Waals surface area contributed by atoms with Crippen LogP contribution in [0.4, 0.5) is 0 Å². The van der Waals surface area contributed by atoms with Crippen molar-refractivity contribution >= 4 is 0 Å². The molecule has 2 heterocycles. The van der Waals surface area contributed by atoms with Crippen molar-refractivity contribution in [2.24, 2.45) is 0 Å². The fourth-order valence-electron chi connectivity index (χ4n) is 2.54. The molecule has 1 aromatic rings. The molecule has 0 saturated carbocycles. The average Bonchev–Trinajstić information content (AvgIpc) is 2.49. The Morgan fingerprint density at radius 2 is 2.26 bits per heavy atom. The van der Waals surface area contributed by atoms with Crippen molar-refractivity contribution in [2.75, 3.05) is 20.8 Å². The molecule has 1 fully saturated rings. The van der Waals surface area contributed by atoms with Gasteiger partial charge in [-0.25, -0.2) is 4.98 Å². The van der Waals surface area contributed by atoms with Gasteiger partial charge in [-0.2, -0.15) is 0 Å². The average molecular weight is 265 g/mol. The van der Waals surface area contributed by atoms with Crippen molar-refractivity contribution in [3.8, 4) is 5.88 Å². The Morgan fingerprint density at radius 1 is 1.42 bits per heavy atom. The van der Waals surface area contributed by atoms with E-state index in [2.05, 4.69) is 15.3 Å². The molecule has 2 unspecified atom stereocenters. The normalized spacial score (nSPS) is 21.1. The zero-order valence-electron chi connectivity index (χ0n) is 11.8. The molecule has 1 saturated heterocycles. The quantitative estimate of drug-likeness (QED) is 0.853. The van der Waals surface area contributed by atoms with Gasteiger partial charge in [-0.05, 0) is 39.2 Å². The lowest BCUT2D eigenvalue weighted by Crippen LogP contribution is -2.24. The molecule has 5 nitrogen and oxygen atoms in total. The summed E-state index contributed by atoms with van der Waals surface area (Å²) >= 11 is 0. The van der Waals surface area contributed by atoms with Gasteiger partial charge in [-0.3, -0.25) is 4.98 Å². The van der Waals surface area contributed by atoms with E-state index in [1.165, 1.54) is 19.3 Å². The topological polar surface area (TPSA) is 56.3 Å². The van der Waals surface area contributed by atoms with E-state index in [9.17, 15) is 0 Å². The Morgan fingerprint density at radius 3 is 2.95 bits per heavy atom. The minimum Gasteiger partial charge on any atom is -0.480 e. The Kier molecular flexibility index (Phi) is 5.54. The number of nitrogens with one attached hydrogen (secondary N) is 1. The van der Waals surface area contributed by atoms with Crippen molar-refractivity contribution in [1.82, 2.24) is 15.3 Å². The van der Waals surface area contributed by atoms with E-state index in [1.54, 1.807) is 19.5 Å². The predicted octanol–water partition coefficient (Wildman–Crippen LogP) is 2.09. The summed E-state index contributed by atoms with van der Waals surface area (Å²) in [5.41, 5.74) is 0.878. The third-order valence-electron chi connectivity index (χ3n) is 3.61. The van der Waals surface area contributed by atoms with E-state index < -0.39 is 0 Å². The van der Waals surface area contributed by atoms with Crippen LogP contribution in [0.15, 0.2) is 12.4 Å². The number of rotatable bonds is 6. The van der Waals surface area contributed by atoms with Gasteiger partial charge in [-0.15, -0.1) is 0 Å². The van der Waals surface area contributed by atoms with Gasteiger partial charge in [0.05, 0.1) is 19.3 Å². The second kappa shape index (κ2) is 7.40. The maximum atomic E-state index is 5.77. The molecule has 1 aliphatic rings. The van der Waals surface area contributed by atoms with E-state index in [4.69, 9.17) is 9.47 Å². The van der Waals surface area contributed by atoms with Crippen LogP contribution in [-0.2, 0) is 4.74 Å². The van der Waals surface area contributed by atoms with Gasteiger partial charge in [0.15, 0.2) is 0 Å². The molecule has 0 bridgehead atoms. The third kappa shape index (κ3) is 3.88. The molecule has 1 aromatic heterocycles. The van der Waals surface area contributed by atoms with Gasteiger partial charge in [0.2, 0.25) is 5.88 Å². The highest BCUT2D eigenvalue weighted by Gasteiger charge is 2.20. The van der Waals surface area contributed by atoms with E-state index in [0.717, 1.165) is 25.1 Å². The Hall–Kier alpha value is -1.20. The lowest BCUT2D eigenvalue weighted by molar-refractivity contribution is 0.00855. The number of ether oxygens (including phenoxy) is 2. The summed E-state index contributed by atoms with van der Waals surface area (Å²) < 4.78 is 11.0. The molecule has 5 heteroatoms. The molecule has 19 heavy (non-hydrogen) atoms. The highest BCUT2D eigenvalue weighted by molar-refractivity contribution is 5.21. The van der Waals surface area contributed by atoms with Crippen molar-refractivity contribution < 1.29 is 9.47 Å². The molecule has 1 N–H and O–H groups in total. The standard InChI is InChI=1S/C14H23N3O2/c1-15-12(7-6-11-5-3-4-10-19-11)13-14(18-2)17-9-8-16-13/h8-9,11-12,15H,3-7,10H2,1-2H3. The summed E-state index contributed by atoms with van der Waals surface area (Å²) in [5.74, 6) is 0.603. The van der Waals surface area contributed by atoms with E-state index in [-0.39, 0.29) is 6.04 Å². The van der Waals surface area contributed by atoms with Crippen molar-refractivity contribution in [3.63, 3.8) is 0 Å². The first-order chi connectivity index (χ1) is 9.35. The summed E-state index contributed by atoms with van der Waals surface area (Å²) in [4.78, 5) is 8.60. The first-order valence-electron chi connectivity index (χ1n) is 6.99. The fraction of sp³-hybridized carbons (Fsp3) is 0.714. The largest absolute Gasteiger partial charge is 0.480 e. The van der Waals surface area contributed by atoms with Gasteiger partial charge in [0.25, 0.3) is 0 Å². The van der Waals surface area contributed by atoms with Gasteiger partial charge >= 0.3 is 0 Å². The summed E-state index contributed by atoms with van der Waals surface area (Å²) in [6, 6.07) is 0.161. The Bertz CT molecular complexity index is 381. The van der Waals surface area contributed by atoms with E-state index >= 15 is 0 Å². The Labute approximate surface area is 114 Å². The molecule has 0 spiro atoms. The van der Waals surface area contributed by atoms with Crippen LogP contribution in [0.3, 0.4) is 0 Å². The fourth-order valence-corrected chi connectivity index (χ4v) is 2.54. The monoisotopic (exact) mass is 265 g/mol.